The summed E-state index contributed by atoms with van der Waals surface area (Å²) in [6, 6.07) is 1.46. The summed E-state index contributed by atoms with van der Waals surface area (Å²) in [6.07, 6.45) is 4.89. The van der Waals surface area contributed by atoms with E-state index in [1.165, 1.54) is 0 Å². The number of rotatable bonds is 7. The fourth-order valence-corrected chi connectivity index (χ4v) is 2.38. The highest BCUT2D eigenvalue weighted by Crippen LogP contribution is 2.32. The molecule has 0 spiro atoms. The number of nitrogens with one attached hydrogen (secondary N) is 1. The smallest absolute Gasteiger partial charge is 0.142 e. The van der Waals surface area contributed by atoms with Crippen molar-refractivity contribution >= 4 is 11.6 Å². The van der Waals surface area contributed by atoms with Crippen LogP contribution in [-0.2, 0) is 11.3 Å². The Hall–Kier alpha value is -1.67. The van der Waals surface area contributed by atoms with Crippen LogP contribution in [0.15, 0.2) is 24.7 Å². The molecule has 0 saturated carbocycles. The van der Waals surface area contributed by atoms with Crippen LogP contribution in [0.3, 0.4) is 0 Å². The van der Waals surface area contributed by atoms with E-state index in [1.807, 2.05) is 6.07 Å². The second-order valence-electron chi connectivity index (χ2n) is 4.31. The van der Waals surface area contributed by atoms with E-state index in [9.17, 15) is 0 Å². The topological polar surface area (TPSA) is 87.2 Å². The molecule has 2 aromatic heterocycles. The minimum atomic E-state index is -0.366. The van der Waals surface area contributed by atoms with Gasteiger partial charge in [-0.2, -0.15) is 5.10 Å². The molecule has 8 heteroatoms. The van der Waals surface area contributed by atoms with Gasteiger partial charge in [0.2, 0.25) is 0 Å². The largest absolute Gasteiger partial charge is 0.495 e. The van der Waals surface area contributed by atoms with Crippen molar-refractivity contribution in [3.63, 3.8) is 0 Å². The molecule has 2 rings (SSSR count). The molecule has 0 aliphatic rings. The Morgan fingerprint density at radius 2 is 2.24 bits per heavy atom. The van der Waals surface area contributed by atoms with E-state index in [0.29, 0.717) is 23.9 Å². The predicted molar refractivity (Wildman–Crippen MR) is 79.1 cm³/mol. The van der Waals surface area contributed by atoms with Gasteiger partial charge in [0.05, 0.1) is 49.4 Å². The van der Waals surface area contributed by atoms with Crippen molar-refractivity contribution in [1.29, 1.82) is 0 Å². The summed E-state index contributed by atoms with van der Waals surface area (Å²) in [6.45, 7) is 1.10. The van der Waals surface area contributed by atoms with Gasteiger partial charge in [0.15, 0.2) is 0 Å². The lowest BCUT2D eigenvalue weighted by molar-refractivity contribution is 0.182. The monoisotopic (exact) mass is 311 g/mol. The van der Waals surface area contributed by atoms with Crippen molar-refractivity contribution in [1.82, 2.24) is 20.2 Å². The molecule has 0 radical (unpaired) electrons. The van der Waals surface area contributed by atoms with Crippen LogP contribution in [0.2, 0.25) is 5.02 Å². The summed E-state index contributed by atoms with van der Waals surface area (Å²) in [5, 5.41) is 4.78. The highest BCUT2D eigenvalue weighted by atomic mass is 35.5. The second kappa shape index (κ2) is 7.37. The van der Waals surface area contributed by atoms with Crippen LogP contribution in [0.5, 0.6) is 5.75 Å². The average Bonchev–Trinajstić information content (AvgIpc) is 2.88. The van der Waals surface area contributed by atoms with Crippen molar-refractivity contribution in [2.75, 3.05) is 20.8 Å². The molecule has 114 valence electrons. The molecule has 0 fully saturated rings. The summed E-state index contributed by atoms with van der Waals surface area (Å²) in [5.74, 6) is 6.35. The molecular formula is C13H18ClN5O2. The van der Waals surface area contributed by atoms with Crippen LogP contribution in [-0.4, -0.2) is 35.6 Å². The van der Waals surface area contributed by atoms with Crippen LogP contribution in [0.4, 0.5) is 0 Å². The van der Waals surface area contributed by atoms with Crippen LogP contribution in [0, 0.1) is 0 Å². The third-order valence-corrected chi connectivity index (χ3v) is 3.42. The van der Waals surface area contributed by atoms with Crippen LogP contribution < -0.4 is 16.0 Å². The first-order chi connectivity index (χ1) is 10.2. The minimum Gasteiger partial charge on any atom is -0.495 e. The maximum atomic E-state index is 6.27. The summed E-state index contributed by atoms with van der Waals surface area (Å²) >= 11 is 6.27. The van der Waals surface area contributed by atoms with E-state index in [0.717, 1.165) is 11.3 Å². The van der Waals surface area contributed by atoms with Gasteiger partial charge in [0, 0.05) is 18.9 Å². The molecule has 0 amide bonds. The highest BCUT2D eigenvalue weighted by molar-refractivity contribution is 6.31. The van der Waals surface area contributed by atoms with Crippen LogP contribution in [0.25, 0.3) is 0 Å². The molecule has 2 aromatic rings. The molecule has 0 aliphatic heterocycles. The Morgan fingerprint density at radius 3 is 2.90 bits per heavy atom. The number of pyridine rings is 1. The van der Waals surface area contributed by atoms with E-state index in [1.54, 1.807) is 37.5 Å². The van der Waals surface area contributed by atoms with Crippen molar-refractivity contribution < 1.29 is 9.47 Å². The second-order valence-corrected chi connectivity index (χ2v) is 4.72. The Labute approximate surface area is 128 Å². The van der Waals surface area contributed by atoms with Gasteiger partial charge in [0.25, 0.3) is 0 Å². The summed E-state index contributed by atoms with van der Waals surface area (Å²) in [5.41, 5.74) is 4.34. The summed E-state index contributed by atoms with van der Waals surface area (Å²) < 4.78 is 12.2. The molecule has 0 saturated heterocycles. The van der Waals surface area contributed by atoms with Gasteiger partial charge < -0.3 is 9.47 Å². The maximum Gasteiger partial charge on any atom is 0.142 e. The lowest BCUT2D eigenvalue weighted by Crippen LogP contribution is -2.31. The van der Waals surface area contributed by atoms with Gasteiger partial charge in [-0.25, -0.2) is 5.43 Å². The Bertz CT molecular complexity index is 590. The summed E-state index contributed by atoms with van der Waals surface area (Å²) in [4.78, 5) is 4.04. The zero-order chi connectivity index (χ0) is 15.2. The molecule has 21 heavy (non-hydrogen) atoms. The van der Waals surface area contributed by atoms with E-state index in [2.05, 4.69) is 15.5 Å². The fourth-order valence-electron chi connectivity index (χ4n) is 2.13. The minimum absolute atomic E-state index is 0.366. The zero-order valence-corrected chi connectivity index (χ0v) is 12.7. The van der Waals surface area contributed by atoms with Crippen LogP contribution in [0.1, 0.15) is 17.3 Å². The maximum absolute atomic E-state index is 6.27. The lowest BCUT2D eigenvalue weighted by atomic mass is 10.0. The molecule has 1 atom stereocenters. The number of nitrogens with two attached hydrogens (primary N) is 1. The predicted octanol–water partition coefficient (Wildman–Crippen LogP) is 1.14. The number of hydrazine groups is 1. The third kappa shape index (κ3) is 3.33. The number of aromatic nitrogens is 3. The molecule has 7 nitrogen and oxygen atoms in total. The number of ether oxygens (including phenoxy) is 2. The number of methoxy groups -OCH3 is 2. The highest BCUT2D eigenvalue weighted by Gasteiger charge is 2.24. The van der Waals surface area contributed by atoms with Crippen molar-refractivity contribution in [2.45, 2.75) is 12.6 Å². The van der Waals surface area contributed by atoms with Gasteiger partial charge in [-0.05, 0) is 6.07 Å². The van der Waals surface area contributed by atoms with Crippen molar-refractivity contribution in [3.05, 3.63) is 40.9 Å². The first kappa shape index (κ1) is 15.7. The van der Waals surface area contributed by atoms with Gasteiger partial charge in [-0.3, -0.25) is 15.5 Å². The SMILES string of the molecule is COCCn1ncc(Cl)c1C(NN)c1ccncc1OC. The zero-order valence-electron chi connectivity index (χ0n) is 11.9. The van der Waals surface area contributed by atoms with Gasteiger partial charge in [0.1, 0.15) is 5.75 Å². The van der Waals surface area contributed by atoms with Gasteiger partial charge in [-0.15, -0.1) is 0 Å². The molecule has 0 bridgehead atoms. The molecule has 1 unspecified atom stereocenters. The Kier molecular flexibility index (Phi) is 5.51. The average molecular weight is 312 g/mol. The molecule has 0 aliphatic carbocycles. The third-order valence-electron chi connectivity index (χ3n) is 3.13. The lowest BCUT2D eigenvalue weighted by Gasteiger charge is -2.20. The number of halogens is 1. The van der Waals surface area contributed by atoms with E-state index < -0.39 is 0 Å². The standard InChI is InChI=1S/C13H18ClN5O2/c1-20-6-5-19-13(10(14)7-17-19)12(18-15)9-3-4-16-8-11(9)21-2/h3-4,7-8,12,18H,5-6,15H2,1-2H3. The molecule has 3 N–H and O–H groups in total. The van der Waals surface area contributed by atoms with E-state index in [4.69, 9.17) is 26.9 Å². The first-order valence-corrected chi connectivity index (χ1v) is 6.74. The van der Waals surface area contributed by atoms with Gasteiger partial charge in [-0.1, -0.05) is 11.6 Å². The number of nitrogens with zero attached hydrogens (tertiary/aromatic N) is 3. The fraction of sp³-hybridized carbons (Fsp3) is 0.385. The van der Waals surface area contributed by atoms with E-state index in [-0.39, 0.29) is 6.04 Å². The Balaban J connectivity index is 2.44. The summed E-state index contributed by atoms with van der Waals surface area (Å²) in [7, 11) is 3.22. The van der Waals surface area contributed by atoms with Crippen molar-refractivity contribution in [3.8, 4) is 5.75 Å². The number of hydrogen-bond donors (Lipinski definition) is 2. The van der Waals surface area contributed by atoms with E-state index >= 15 is 0 Å². The molecule has 0 aromatic carbocycles. The Morgan fingerprint density at radius 1 is 1.43 bits per heavy atom. The number of hydrogen-bond acceptors (Lipinski definition) is 6. The molecular weight excluding hydrogens is 294 g/mol. The quantitative estimate of drug-likeness (QED) is 0.589. The van der Waals surface area contributed by atoms with Gasteiger partial charge >= 0.3 is 0 Å². The normalized spacial score (nSPS) is 12.4. The first-order valence-electron chi connectivity index (χ1n) is 6.37. The van der Waals surface area contributed by atoms with Crippen molar-refractivity contribution in [2.24, 2.45) is 5.84 Å². The molecule has 2 heterocycles. The van der Waals surface area contributed by atoms with Crippen LogP contribution >= 0.6 is 11.6 Å².